The van der Waals surface area contributed by atoms with Crippen LogP contribution in [0, 0.1) is 0 Å². The number of thioether (sulfide) groups is 1. The van der Waals surface area contributed by atoms with E-state index in [1.807, 2.05) is 11.8 Å². The molecule has 4 nitrogen and oxygen atoms in total. The molecule has 98 valence electrons. The highest BCUT2D eigenvalue weighted by Crippen LogP contribution is 2.26. The Morgan fingerprint density at radius 1 is 1.39 bits per heavy atom. The molecule has 2 rings (SSSR count). The van der Waals surface area contributed by atoms with Crippen molar-refractivity contribution in [3.63, 3.8) is 0 Å². The number of aromatic nitrogens is 2. The average Bonchev–Trinajstić information content (AvgIpc) is 2.39. The van der Waals surface area contributed by atoms with Gasteiger partial charge in [0.25, 0.3) is 5.91 Å². The molecule has 18 heavy (non-hydrogen) atoms. The minimum atomic E-state index is -0.183. The van der Waals surface area contributed by atoms with E-state index < -0.39 is 0 Å². The Morgan fingerprint density at radius 2 is 2.11 bits per heavy atom. The number of nitrogens with one attached hydrogen (secondary N) is 1. The quantitative estimate of drug-likeness (QED) is 0.927. The molecule has 0 aromatic carbocycles. The third kappa shape index (κ3) is 3.59. The summed E-state index contributed by atoms with van der Waals surface area (Å²) in [6, 6.07) is 0.252. The molecule has 1 aromatic heterocycles. The molecule has 1 heterocycles. The molecule has 1 fully saturated rings. The van der Waals surface area contributed by atoms with E-state index in [1.165, 1.54) is 12.4 Å². The smallest absolute Gasteiger partial charge is 0.271 e. The van der Waals surface area contributed by atoms with Gasteiger partial charge in [0.2, 0.25) is 0 Å². The van der Waals surface area contributed by atoms with Crippen LogP contribution in [-0.2, 0) is 0 Å². The zero-order valence-electron chi connectivity index (χ0n) is 10.2. The first kappa shape index (κ1) is 13.6. The van der Waals surface area contributed by atoms with E-state index in [-0.39, 0.29) is 22.8 Å². The minimum Gasteiger partial charge on any atom is -0.348 e. The molecule has 0 radical (unpaired) electrons. The predicted molar refractivity (Wildman–Crippen MR) is 74.1 cm³/mol. The molecule has 1 N–H and O–H groups in total. The first-order valence-corrected chi connectivity index (χ1v) is 7.67. The van der Waals surface area contributed by atoms with Crippen LogP contribution >= 0.6 is 23.4 Å². The molecule has 0 aliphatic heterocycles. The van der Waals surface area contributed by atoms with Crippen LogP contribution in [0.2, 0.25) is 5.15 Å². The van der Waals surface area contributed by atoms with Crippen LogP contribution in [0.5, 0.6) is 0 Å². The van der Waals surface area contributed by atoms with Crippen molar-refractivity contribution in [1.82, 2.24) is 15.3 Å². The molecule has 0 atom stereocenters. The molecular weight excluding hydrogens is 270 g/mol. The van der Waals surface area contributed by atoms with Gasteiger partial charge in [0.15, 0.2) is 0 Å². The molecular formula is C12H16ClN3OS. The summed E-state index contributed by atoms with van der Waals surface area (Å²) < 4.78 is 0. The van der Waals surface area contributed by atoms with Crippen LogP contribution < -0.4 is 5.32 Å². The predicted octanol–water partition coefficient (Wildman–Crippen LogP) is 2.53. The SMILES string of the molecule is CSC1CCC(NC(=O)c2cncc(Cl)n2)CC1. The summed E-state index contributed by atoms with van der Waals surface area (Å²) in [7, 11) is 0. The van der Waals surface area contributed by atoms with Gasteiger partial charge in [0, 0.05) is 11.3 Å². The number of nitrogens with zero attached hydrogens (tertiary/aromatic N) is 2. The molecule has 1 amide bonds. The normalized spacial score (nSPS) is 23.7. The molecule has 1 aliphatic carbocycles. The molecule has 1 aromatic rings. The number of rotatable bonds is 3. The van der Waals surface area contributed by atoms with Gasteiger partial charge in [0.05, 0.1) is 12.4 Å². The van der Waals surface area contributed by atoms with Gasteiger partial charge in [-0.2, -0.15) is 11.8 Å². The van der Waals surface area contributed by atoms with Crippen LogP contribution in [0.1, 0.15) is 36.2 Å². The summed E-state index contributed by atoms with van der Waals surface area (Å²) in [5.74, 6) is -0.183. The largest absolute Gasteiger partial charge is 0.348 e. The summed E-state index contributed by atoms with van der Waals surface area (Å²) in [5.41, 5.74) is 0.287. The molecule has 0 saturated heterocycles. The summed E-state index contributed by atoms with van der Waals surface area (Å²) in [5, 5.41) is 3.98. The maximum Gasteiger partial charge on any atom is 0.271 e. The van der Waals surface area contributed by atoms with Crippen molar-refractivity contribution in [2.75, 3.05) is 6.26 Å². The summed E-state index contributed by atoms with van der Waals surface area (Å²) >= 11 is 7.63. The lowest BCUT2D eigenvalue weighted by Crippen LogP contribution is -2.38. The van der Waals surface area contributed by atoms with Crippen molar-refractivity contribution >= 4 is 29.3 Å². The monoisotopic (exact) mass is 285 g/mol. The molecule has 0 bridgehead atoms. The van der Waals surface area contributed by atoms with Crippen LogP contribution in [0.25, 0.3) is 0 Å². The van der Waals surface area contributed by atoms with Crippen molar-refractivity contribution in [3.8, 4) is 0 Å². The van der Waals surface area contributed by atoms with Crippen LogP contribution in [0.3, 0.4) is 0 Å². The second-order valence-corrected chi connectivity index (χ2v) is 5.94. The summed E-state index contributed by atoms with van der Waals surface area (Å²) in [6.45, 7) is 0. The van der Waals surface area contributed by atoms with Crippen LogP contribution in [-0.4, -0.2) is 33.4 Å². The highest BCUT2D eigenvalue weighted by molar-refractivity contribution is 7.99. The lowest BCUT2D eigenvalue weighted by atomic mass is 9.95. The fraction of sp³-hybridized carbons (Fsp3) is 0.583. The third-order valence-corrected chi connectivity index (χ3v) is 4.50. The fourth-order valence-electron chi connectivity index (χ4n) is 2.15. The number of carbonyl (C=O) groups is 1. The van der Waals surface area contributed by atoms with E-state index in [4.69, 9.17) is 11.6 Å². The van der Waals surface area contributed by atoms with Crippen molar-refractivity contribution in [3.05, 3.63) is 23.2 Å². The van der Waals surface area contributed by atoms with Crippen molar-refractivity contribution in [1.29, 1.82) is 0 Å². The van der Waals surface area contributed by atoms with E-state index in [2.05, 4.69) is 21.5 Å². The molecule has 0 spiro atoms. The van der Waals surface area contributed by atoms with Gasteiger partial charge in [-0.25, -0.2) is 4.98 Å². The van der Waals surface area contributed by atoms with Crippen LogP contribution in [0.15, 0.2) is 12.4 Å². The Balaban J connectivity index is 1.89. The molecule has 1 saturated carbocycles. The summed E-state index contributed by atoms with van der Waals surface area (Å²) in [4.78, 5) is 19.8. The molecule has 1 aliphatic rings. The van der Waals surface area contributed by atoms with E-state index in [1.54, 1.807) is 0 Å². The Labute approximate surface area is 116 Å². The molecule has 6 heteroatoms. The number of halogens is 1. The molecule has 0 unspecified atom stereocenters. The number of amides is 1. The van der Waals surface area contributed by atoms with Crippen molar-refractivity contribution in [2.45, 2.75) is 37.0 Å². The topological polar surface area (TPSA) is 54.9 Å². The van der Waals surface area contributed by atoms with E-state index in [9.17, 15) is 4.79 Å². The Hall–Kier alpha value is -0.810. The lowest BCUT2D eigenvalue weighted by Gasteiger charge is -2.27. The maximum atomic E-state index is 11.9. The Bertz CT molecular complexity index is 422. The minimum absolute atomic E-state index is 0.183. The standard InChI is InChI=1S/C12H16ClN3OS/c1-18-9-4-2-8(3-5-9)15-12(17)10-6-14-7-11(13)16-10/h6-9H,2-5H2,1H3,(H,15,17). The third-order valence-electron chi connectivity index (χ3n) is 3.18. The zero-order valence-corrected chi connectivity index (χ0v) is 11.8. The van der Waals surface area contributed by atoms with Gasteiger partial charge >= 0.3 is 0 Å². The maximum absolute atomic E-state index is 11.9. The van der Waals surface area contributed by atoms with Gasteiger partial charge < -0.3 is 5.32 Å². The summed E-state index contributed by atoms with van der Waals surface area (Å²) in [6.07, 6.45) is 9.39. The van der Waals surface area contributed by atoms with Gasteiger partial charge in [-0.3, -0.25) is 9.78 Å². The van der Waals surface area contributed by atoms with E-state index in [0.717, 1.165) is 30.9 Å². The van der Waals surface area contributed by atoms with Gasteiger partial charge in [-0.05, 0) is 31.9 Å². The second kappa shape index (κ2) is 6.38. The Morgan fingerprint density at radius 3 is 2.72 bits per heavy atom. The highest BCUT2D eigenvalue weighted by Gasteiger charge is 2.22. The van der Waals surface area contributed by atoms with Crippen LogP contribution in [0.4, 0.5) is 0 Å². The van der Waals surface area contributed by atoms with E-state index >= 15 is 0 Å². The number of hydrogen-bond donors (Lipinski definition) is 1. The van der Waals surface area contributed by atoms with Crippen molar-refractivity contribution in [2.24, 2.45) is 0 Å². The number of hydrogen-bond acceptors (Lipinski definition) is 4. The van der Waals surface area contributed by atoms with Gasteiger partial charge in [-0.1, -0.05) is 11.6 Å². The first-order chi connectivity index (χ1) is 8.69. The zero-order chi connectivity index (χ0) is 13.0. The average molecular weight is 286 g/mol. The van der Waals surface area contributed by atoms with Gasteiger partial charge in [-0.15, -0.1) is 0 Å². The first-order valence-electron chi connectivity index (χ1n) is 6.00. The van der Waals surface area contributed by atoms with E-state index in [0.29, 0.717) is 0 Å². The highest BCUT2D eigenvalue weighted by atomic mass is 35.5. The second-order valence-electron chi connectivity index (χ2n) is 4.41. The lowest BCUT2D eigenvalue weighted by molar-refractivity contribution is 0.0922. The van der Waals surface area contributed by atoms with Crippen molar-refractivity contribution < 1.29 is 4.79 Å². The Kier molecular flexibility index (Phi) is 4.83. The fourth-order valence-corrected chi connectivity index (χ4v) is 3.04. The van der Waals surface area contributed by atoms with Gasteiger partial charge in [0.1, 0.15) is 10.8 Å². The number of carbonyl (C=O) groups excluding carboxylic acids is 1.